The Morgan fingerprint density at radius 3 is 1.69 bits per heavy atom. The van der Waals surface area contributed by atoms with Crippen molar-refractivity contribution in [1.29, 1.82) is 0 Å². The third-order valence-electron chi connectivity index (χ3n) is 10.2. The first-order valence-electron chi connectivity index (χ1n) is 18.4. The Kier molecular flexibility index (Phi) is 18.7. The maximum atomic E-state index is 12.4. The third kappa shape index (κ3) is 14.9. The molecule has 8 nitrogen and oxygen atoms in total. The van der Waals surface area contributed by atoms with Crippen LogP contribution in [0.1, 0.15) is 154 Å². The smallest absolute Gasteiger partial charge is 0.315 e. The standard InChI is InChI=1S/C36H62N2O6S/c39-25-27-23-30(42)24-31(27)33(43)21-14-10-9-13-19-28(40)17-11-7-5-3-1-2-4-6-8-12-18-29(41)20-15-16-22-34-35-32(26-45-34)37-36(44)38-35/h27,30-32,34-35,39,42H,1-26H2,(H2,37,38,44)/t27-,30+,31?,32?,34-,35?/m0/s1. The molecule has 0 aromatic rings. The number of hydrogen-bond acceptors (Lipinski definition) is 7. The molecule has 1 aliphatic carbocycles. The van der Waals surface area contributed by atoms with Crippen molar-refractivity contribution in [1.82, 2.24) is 10.6 Å². The molecular weight excluding hydrogens is 588 g/mol. The van der Waals surface area contributed by atoms with Crippen molar-refractivity contribution in [3.8, 4) is 0 Å². The Labute approximate surface area is 276 Å². The highest BCUT2D eigenvalue weighted by Gasteiger charge is 2.42. The van der Waals surface area contributed by atoms with Gasteiger partial charge in [0.2, 0.25) is 0 Å². The van der Waals surface area contributed by atoms with E-state index >= 15 is 0 Å². The highest BCUT2D eigenvalue weighted by atomic mass is 32.2. The lowest BCUT2D eigenvalue weighted by molar-refractivity contribution is -0.124. The molecule has 2 amide bonds. The van der Waals surface area contributed by atoms with Gasteiger partial charge < -0.3 is 20.8 Å². The van der Waals surface area contributed by atoms with Gasteiger partial charge in [0.1, 0.15) is 17.3 Å². The number of amides is 2. The molecule has 0 aromatic carbocycles. The summed E-state index contributed by atoms with van der Waals surface area (Å²) in [5.41, 5.74) is 0. The van der Waals surface area contributed by atoms with E-state index in [2.05, 4.69) is 10.6 Å². The molecule has 0 aromatic heterocycles. The largest absolute Gasteiger partial charge is 0.396 e. The molecule has 45 heavy (non-hydrogen) atoms. The van der Waals surface area contributed by atoms with Crippen LogP contribution in [0, 0.1) is 11.8 Å². The number of urea groups is 1. The van der Waals surface area contributed by atoms with Gasteiger partial charge >= 0.3 is 6.03 Å². The van der Waals surface area contributed by atoms with Crippen LogP contribution in [0.2, 0.25) is 0 Å². The fourth-order valence-corrected chi connectivity index (χ4v) is 9.01. The summed E-state index contributed by atoms with van der Waals surface area (Å²) in [4.78, 5) is 48.3. The molecule has 0 bridgehead atoms. The van der Waals surface area contributed by atoms with Crippen LogP contribution >= 0.6 is 11.8 Å². The average molecular weight is 651 g/mol. The molecule has 1 saturated carbocycles. The minimum atomic E-state index is -0.451. The van der Waals surface area contributed by atoms with Crippen LogP contribution in [0.5, 0.6) is 0 Å². The van der Waals surface area contributed by atoms with Gasteiger partial charge in [0.25, 0.3) is 0 Å². The van der Waals surface area contributed by atoms with Gasteiger partial charge in [-0.1, -0.05) is 70.6 Å². The fraction of sp³-hybridized carbons (Fsp3) is 0.889. The van der Waals surface area contributed by atoms with E-state index in [1.807, 2.05) is 11.8 Å². The number of fused-ring (bicyclic) bond motifs is 1. The number of aliphatic hydroxyl groups is 2. The number of hydrogen-bond donors (Lipinski definition) is 4. The number of carbonyl (C=O) groups excluding carboxylic acids is 4. The van der Waals surface area contributed by atoms with Gasteiger partial charge in [-0.3, -0.25) is 14.4 Å². The number of ketones is 3. The predicted molar refractivity (Wildman–Crippen MR) is 181 cm³/mol. The molecule has 2 saturated heterocycles. The number of Topliss-reactive ketones (excluding diaryl/α,β-unsaturated/α-hetero) is 3. The lowest BCUT2D eigenvalue weighted by Crippen LogP contribution is -2.36. The van der Waals surface area contributed by atoms with Gasteiger partial charge in [0.05, 0.1) is 18.2 Å². The summed E-state index contributed by atoms with van der Waals surface area (Å²) in [6.07, 6.45) is 22.4. The second-order valence-electron chi connectivity index (χ2n) is 14.0. The fourth-order valence-electron chi connectivity index (χ4n) is 7.47. The van der Waals surface area contributed by atoms with Crippen LogP contribution in [0.3, 0.4) is 0 Å². The van der Waals surface area contributed by atoms with Crippen molar-refractivity contribution in [3.05, 3.63) is 0 Å². The molecule has 2 aliphatic heterocycles. The quantitative estimate of drug-likeness (QED) is 0.0566. The summed E-state index contributed by atoms with van der Waals surface area (Å²) in [7, 11) is 0. The van der Waals surface area contributed by atoms with Crippen LogP contribution in [-0.4, -0.2) is 69.4 Å². The number of carbonyl (C=O) groups is 4. The monoisotopic (exact) mass is 650 g/mol. The summed E-state index contributed by atoms with van der Waals surface area (Å²) in [5.74, 6) is 1.69. The molecule has 3 rings (SSSR count). The maximum absolute atomic E-state index is 12.4. The average Bonchev–Trinajstić information content (AvgIpc) is 3.71. The van der Waals surface area contributed by atoms with Crippen molar-refractivity contribution in [2.24, 2.45) is 11.8 Å². The lowest BCUT2D eigenvalue weighted by Gasteiger charge is -2.16. The minimum absolute atomic E-state index is 0.0205. The maximum Gasteiger partial charge on any atom is 0.315 e. The van der Waals surface area contributed by atoms with E-state index in [1.54, 1.807) is 0 Å². The van der Waals surface area contributed by atoms with E-state index in [-0.39, 0.29) is 42.3 Å². The summed E-state index contributed by atoms with van der Waals surface area (Å²) in [5, 5.41) is 25.7. The van der Waals surface area contributed by atoms with Crippen molar-refractivity contribution in [2.45, 2.75) is 178 Å². The van der Waals surface area contributed by atoms with Crippen LogP contribution in [-0.2, 0) is 14.4 Å². The number of rotatable bonds is 27. The summed E-state index contributed by atoms with van der Waals surface area (Å²) >= 11 is 1.94. The van der Waals surface area contributed by atoms with Crippen molar-refractivity contribution in [3.63, 3.8) is 0 Å². The Bertz CT molecular complexity index is 901. The molecule has 258 valence electrons. The molecular formula is C36H62N2O6S. The second-order valence-corrected chi connectivity index (χ2v) is 15.3. The summed E-state index contributed by atoms with van der Waals surface area (Å²) in [6.45, 7) is -0.0205. The number of nitrogens with one attached hydrogen (secondary N) is 2. The van der Waals surface area contributed by atoms with E-state index in [0.717, 1.165) is 82.8 Å². The lowest BCUT2D eigenvalue weighted by atomic mass is 9.90. The van der Waals surface area contributed by atoms with Crippen LogP contribution in [0.25, 0.3) is 0 Å². The first-order valence-corrected chi connectivity index (χ1v) is 19.5. The number of unbranched alkanes of at least 4 members (excludes halogenated alkanes) is 13. The number of aliphatic hydroxyl groups excluding tert-OH is 2. The summed E-state index contributed by atoms with van der Waals surface area (Å²) < 4.78 is 0. The predicted octanol–water partition coefficient (Wildman–Crippen LogP) is 6.82. The molecule has 0 spiro atoms. The van der Waals surface area contributed by atoms with Gasteiger partial charge in [-0.25, -0.2) is 4.79 Å². The zero-order valence-corrected chi connectivity index (χ0v) is 28.6. The van der Waals surface area contributed by atoms with E-state index in [9.17, 15) is 29.4 Å². The summed E-state index contributed by atoms with van der Waals surface area (Å²) in [6, 6.07) is 0.513. The van der Waals surface area contributed by atoms with Crippen LogP contribution in [0.4, 0.5) is 4.79 Å². The Balaban J connectivity index is 1.00. The SMILES string of the molecule is O=C(CCCCCCCCCCCCC(=O)CCCC[C@@H]1SCC2NC(=O)NC21)CCCCCCC(=O)C1C[C@H](O)C[C@H]1CO. The van der Waals surface area contributed by atoms with Crippen molar-refractivity contribution < 1.29 is 29.4 Å². The molecule has 9 heteroatoms. The highest BCUT2D eigenvalue weighted by Crippen LogP contribution is 2.34. The first-order chi connectivity index (χ1) is 21.9. The van der Waals surface area contributed by atoms with E-state index in [4.69, 9.17) is 0 Å². The molecule has 2 heterocycles. The van der Waals surface area contributed by atoms with Gasteiger partial charge in [0.15, 0.2) is 0 Å². The van der Waals surface area contributed by atoms with E-state index < -0.39 is 6.10 Å². The molecule has 4 N–H and O–H groups in total. The Morgan fingerprint density at radius 2 is 1.16 bits per heavy atom. The zero-order chi connectivity index (χ0) is 32.3. The Hall–Kier alpha value is -1.45. The van der Waals surface area contributed by atoms with Gasteiger partial charge in [0, 0.05) is 55.6 Å². The molecule has 3 unspecified atom stereocenters. The second kappa shape index (κ2) is 22.2. The van der Waals surface area contributed by atoms with Gasteiger partial charge in [-0.2, -0.15) is 11.8 Å². The zero-order valence-electron chi connectivity index (χ0n) is 27.8. The number of thioether (sulfide) groups is 1. The highest BCUT2D eigenvalue weighted by molar-refractivity contribution is 8.00. The van der Waals surface area contributed by atoms with Crippen molar-refractivity contribution >= 4 is 35.1 Å². The topological polar surface area (TPSA) is 133 Å². The molecule has 3 aliphatic rings. The molecule has 6 atom stereocenters. The van der Waals surface area contributed by atoms with E-state index in [1.165, 1.54) is 38.5 Å². The van der Waals surface area contributed by atoms with E-state index in [0.29, 0.717) is 55.3 Å². The minimum Gasteiger partial charge on any atom is -0.396 e. The van der Waals surface area contributed by atoms with Crippen molar-refractivity contribution in [2.75, 3.05) is 12.4 Å². The third-order valence-corrected chi connectivity index (χ3v) is 11.7. The van der Waals surface area contributed by atoms with Crippen LogP contribution in [0.15, 0.2) is 0 Å². The first kappa shape index (κ1) is 38.0. The van der Waals surface area contributed by atoms with Gasteiger partial charge in [-0.15, -0.1) is 0 Å². The molecule has 0 radical (unpaired) electrons. The molecule has 3 fully saturated rings. The van der Waals surface area contributed by atoms with Crippen LogP contribution < -0.4 is 10.6 Å². The van der Waals surface area contributed by atoms with Gasteiger partial charge in [-0.05, 0) is 57.3 Å². The normalized spacial score (nSPS) is 25.7. The Morgan fingerprint density at radius 1 is 0.667 bits per heavy atom.